The first-order chi connectivity index (χ1) is 8.72. The van der Waals surface area contributed by atoms with Gasteiger partial charge in [-0.15, -0.1) is 0 Å². The molecule has 0 N–H and O–H groups in total. The molecule has 0 saturated carbocycles. The van der Waals surface area contributed by atoms with Crippen LogP contribution in [0.15, 0.2) is 30.3 Å². The molecule has 2 unspecified atom stereocenters. The van der Waals surface area contributed by atoms with Crippen molar-refractivity contribution in [3.05, 3.63) is 35.9 Å². The van der Waals surface area contributed by atoms with Crippen molar-refractivity contribution < 1.29 is 9.53 Å². The van der Waals surface area contributed by atoms with E-state index in [0.29, 0.717) is 12.5 Å². The largest absolute Gasteiger partial charge is 0.465 e. The molecule has 18 heavy (non-hydrogen) atoms. The van der Waals surface area contributed by atoms with Crippen molar-refractivity contribution in [1.29, 1.82) is 0 Å². The maximum absolute atomic E-state index is 11.9. The van der Waals surface area contributed by atoms with E-state index in [0.717, 1.165) is 19.4 Å². The highest BCUT2D eigenvalue weighted by molar-refractivity contribution is 5.76. The number of likely N-dealkylation sites (tertiary alicyclic amines) is 1. The van der Waals surface area contributed by atoms with Gasteiger partial charge >= 0.3 is 5.97 Å². The zero-order valence-corrected chi connectivity index (χ0v) is 11.1. The summed E-state index contributed by atoms with van der Waals surface area (Å²) in [7, 11) is 2.00. The van der Waals surface area contributed by atoms with Crippen molar-refractivity contribution in [2.75, 3.05) is 20.2 Å². The van der Waals surface area contributed by atoms with Gasteiger partial charge in [0.2, 0.25) is 0 Å². The second kappa shape index (κ2) is 6.01. The molecule has 98 valence electrons. The molecule has 1 aliphatic rings. The van der Waals surface area contributed by atoms with E-state index in [4.69, 9.17) is 4.74 Å². The van der Waals surface area contributed by atoms with Gasteiger partial charge in [0.05, 0.1) is 6.61 Å². The number of hydrogen-bond acceptors (Lipinski definition) is 3. The number of esters is 1. The lowest BCUT2D eigenvalue weighted by molar-refractivity contribution is -0.150. The highest BCUT2D eigenvalue weighted by Gasteiger charge is 2.32. The summed E-state index contributed by atoms with van der Waals surface area (Å²) in [6, 6.07) is 10.4. The number of likely N-dealkylation sites (N-methyl/N-ethyl adjacent to an activating group) is 1. The molecule has 3 nitrogen and oxygen atoms in total. The molecule has 0 aliphatic carbocycles. The van der Waals surface area contributed by atoms with E-state index >= 15 is 0 Å². The van der Waals surface area contributed by atoms with E-state index in [9.17, 15) is 4.79 Å². The van der Waals surface area contributed by atoms with Crippen LogP contribution < -0.4 is 0 Å². The summed E-state index contributed by atoms with van der Waals surface area (Å²) in [6.45, 7) is 3.26. The molecule has 0 aromatic heterocycles. The fourth-order valence-corrected chi connectivity index (χ4v) is 2.63. The molecule has 1 saturated heterocycles. The Balaban J connectivity index is 2.07. The first kappa shape index (κ1) is 13.1. The Labute approximate surface area is 109 Å². The van der Waals surface area contributed by atoms with Gasteiger partial charge in [0.25, 0.3) is 0 Å². The molecule has 1 heterocycles. The molecular formula is C15H21NO2. The summed E-state index contributed by atoms with van der Waals surface area (Å²) in [5.41, 5.74) is 1.33. The fraction of sp³-hybridized carbons (Fsp3) is 0.533. The Morgan fingerprint density at radius 1 is 1.39 bits per heavy atom. The van der Waals surface area contributed by atoms with Gasteiger partial charge in [-0.25, -0.2) is 0 Å². The Morgan fingerprint density at radius 2 is 2.11 bits per heavy atom. The average Bonchev–Trinajstić information content (AvgIpc) is 2.40. The van der Waals surface area contributed by atoms with Crippen LogP contribution in [0.2, 0.25) is 0 Å². The quantitative estimate of drug-likeness (QED) is 0.768. The Morgan fingerprint density at radius 3 is 2.78 bits per heavy atom. The Bertz CT molecular complexity index is 391. The van der Waals surface area contributed by atoms with E-state index in [1.54, 1.807) is 0 Å². The highest BCUT2D eigenvalue weighted by Crippen LogP contribution is 2.31. The van der Waals surface area contributed by atoms with Gasteiger partial charge in [0.15, 0.2) is 0 Å². The minimum absolute atomic E-state index is 0.0827. The van der Waals surface area contributed by atoms with Gasteiger partial charge in [-0.3, -0.25) is 9.69 Å². The van der Waals surface area contributed by atoms with Crippen molar-refractivity contribution in [1.82, 2.24) is 4.90 Å². The number of hydrogen-bond donors (Lipinski definition) is 0. The summed E-state index contributed by atoms with van der Waals surface area (Å²) in [4.78, 5) is 14.0. The van der Waals surface area contributed by atoms with Gasteiger partial charge in [-0.05, 0) is 44.8 Å². The summed E-state index contributed by atoms with van der Waals surface area (Å²) in [5.74, 6) is 0.387. The van der Waals surface area contributed by atoms with Crippen LogP contribution in [0, 0.1) is 0 Å². The number of carbonyl (C=O) groups is 1. The lowest BCUT2D eigenvalue weighted by atomic mass is 9.85. The van der Waals surface area contributed by atoms with Gasteiger partial charge in [0, 0.05) is 0 Å². The predicted molar refractivity (Wildman–Crippen MR) is 71.5 cm³/mol. The van der Waals surface area contributed by atoms with E-state index in [-0.39, 0.29) is 12.0 Å². The zero-order chi connectivity index (χ0) is 13.0. The molecule has 1 aromatic rings. The van der Waals surface area contributed by atoms with E-state index < -0.39 is 0 Å². The summed E-state index contributed by atoms with van der Waals surface area (Å²) < 4.78 is 5.16. The predicted octanol–water partition coefficient (Wildman–Crippen LogP) is 2.43. The lowest BCUT2D eigenvalue weighted by Crippen LogP contribution is -2.45. The van der Waals surface area contributed by atoms with Crippen molar-refractivity contribution in [3.63, 3.8) is 0 Å². The molecule has 0 radical (unpaired) electrons. The number of ether oxygens (including phenoxy) is 1. The lowest BCUT2D eigenvalue weighted by Gasteiger charge is -2.35. The third-order valence-electron chi connectivity index (χ3n) is 3.70. The molecule has 1 aromatic carbocycles. The van der Waals surface area contributed by atoms with Gasteiger partial charge in [0.1, 0.15) is 6.04 Å². The minimum atomic E-state index is -0.0936. The van der Waals surface area contributed by atoms with Crippen LogP contribution in [-0.2, 0) is 9.53 Å². The number of carbonyl (C=O) groups excluding carboxylic acids is 1. The third kappa shape index (κ3) is 2.91. The first-order valence-electron chi connectivity index (χ1n) is 6.64. The Kier molecular flexibility index (Phi) is 4.37. The first-order valence-corrected chi connectivity index (χ1v) is 6.64. The zero-order valence-electron chi connectivity index (χ0n) is 11.1. The third-order valence-corrected chi connectivity index (χ3v) is 3.70. The second-order valence-electron chi connectivity index (χ2n) is 4.88. The number of benzene rings is 1. The number of piperidine rings is 1. The molecule has 3 heteroatoms. The highest BCUT2D eigenvalue weighted by atomic mass is 16.5. The van der Waals surface area contributed by atoms with Crippen molar-refractivity contribution in [2.24, 2.45) is 0 Å². The van der Waals surface area contributed by atoms with Crippen LogP contribution in [0.3, 0.4) is 0 Å². The summed E-state index contributed by atoms with van der Waals surface area (Å²) in [5, 5.41) is 0. The molecule has 2 rings (SSSR count). The van der Waals surface area contributed by atoms with Crippen LogP contribution in [0.25, 0.3) is 0 Å². The van der Waals surface area contributed by atoms with Crippen molar-refractivity contribution in [3.8, 4) is 0 Å². The molecule has 1 aliphatic heterocycles. The van der Waals surface area contributed by atoms with E-state index in [1.165, 1.54) is 5.56 Å². The van der Waals surface area contributed by atoms with Crippen LogP contribution >= 0.6 is 0 Å². The maximum Gasteiger partial charge on any atom is 0.323 e. The molecule has 0 amide bonds. The molecule has 2 atom stereocenters. The van der Waals surface area contributed by atoms with E-state index in [1.807, 2.05) is 20.0 Å². The average molecular weight is 247 g/mol. The van der Waals surface area contributed by atoms with Gasteiger partial charge < -0.3 is 4.74 Å². The molecule has 1 fully saturated rings. The smallest absolute Gasteiger partial charge is 0.323 e. The SMILES string of the molecule is CCOC(=O)C1CC(c2ccccc2)CCN1C. The summed E-state index contributed by atoms with van der Waals surface area (Å²) in [6.07, 6.45) is 1.97. The van der Waals surface area contributed by atoms with Gasteiger partial charge in [-0.2, -0.15) is 0 Å². The topological polar surface area (TPSA) is 29.5 Å². The molecule has 0 bridgehead atoms. The normalized spacial score (nSPS) is 24.8. The van der Waals surface area contributed by atoms with Crippen molar-refractivity contribution in [2.45, 2.75) is 31.7 Å². The summed E-state index contributed by atoms with van der Waals surface area (Å²) >= 11 is 0. The van der Waals surface area contributed by atoms with Gasteiger partial charge in [-0.1, -0.05) is 30.3 Å². The van der Waals surface area contributed by atoms with Crippen molar-refractivity contribution >= 4 is 5.97 Å². The maximum atomic E-state index is 11.9. The molecular weight excluding hydrogens is 226 g/mol. The van der Waals surface area contributed by atoms with Crippen LogP contribution in [0.5, 0.6) is 0 Å². The van der Waals surface area contributed by atoms with E-state index in [2.05, 4.69) is 29.2 Å². The van der Waals surface area contributed by atoms with Crippen LogP contribution in [0.4, 0.5) is 0 Å². The van der Waals surface area contributed by atoms with Crippen LogP contribution in [-0.4, -0.2) is 37.1 Å². The fourth-order valence-electron chi connectivity index (χ4n) is 2.63. The standard InChI is InChI=1S/C15H21NO2/c1-3-18-15(17)14-11-13(9-10-16(14)2)12-7-5-4-6-8-12/h4-8,13-14H,3,9-11H2,1-2H3. The monoisotopic (exact) mass is 247 g/mol. The number of rotatable bonds is 3. The second-order valence-corrected chi connectivity index (χ2v) is 4.88. The minimum Gasteiger partial charge on any atom is -0.465 e. The van der Waals surface area contributed by atoms with Crippen LogP contribution in [0.1, 0.15) is 31.2 Å². The molecule has 0 spiro atoms. The Hall–Kier alpha value is -1.35. The number of nitrogens with zero attached hydrogens (tertiary/aromatic N) is 1.